The van der Waals surface area contributed by atoms with Crippen molar-refractivity contribution >= 4 is 0 Å². The summed E-state index contributed by atoms with van der Waals surface area (Å²) in [6, 6.07) is 0. The van der Waals surface area contributed by atoms with Gasteiger partial charge in [-0.2, -0.15) is 0 Å². The maximum atomic E-state index is 6.33. The number of rotatable bonds is 3. The maximum absolute atomic E-state index is 6.33. The van der Waals surface area contributed by atoms with E-state index in [1.54, 1.807) is 0 Å². The molecule has 5 saturated heterocycles. The molecule has 9 atom stereocenters. The molecule has 5 aliphatic heterocycles. The molecule has 2 bridgehead atoms. The second-order valence-electron chi connectivity index (χ2n) is 8.56. The van der Waals surface area contributed by atoms with Crippen molar-refractivity contribution in [3.63, 3.8) is 0 Å². The Morgan fingerprint density at radius 3 is 2.71 bits per heavy atom. The minimum atomic E-state index is -0.720. The van der Waals surface area contributed by atoms with Crippen LogP contribution in [0, 0.1) is 23.7 Å². The van der Waals surface area contributed by atoms with Crippen molar-refractivity contribution in [2.75, 3.05) is 13.2 Å². The third-order valence-electron chi connectivity index (χ3n) is 6.95. The molecule has 6 rings (SSSR count). The van der Waals surface area contributed by atoms with Gasteiger partial charge in [0.15, 0.2) is 18.2 Å². The molecule has 136 valence electrons. The first-order valence-electron chi connectivity index (χ1n) is 9.45. The van der Waals surface area contributed by atoms with E-state index in [0.717, 1.165) is 25.9 Å². The second-order valence-corrected chi connectivity index (χ2v) is 8.56. The molecule has 6 heteroatoms. The summed E-state index contributed by atoms with van der Waals surface area (Å²) in [5, 5.41) is 0. The zero-order valence-electron chi connectivity index (χ0n) is 14.7. The van der Waals surface area contributed by atoms with E-state index >= 15 is 0 Å². The van der Waals surface area contributed by atoms with Gasteiger partial charge in [-0.05, 0) is 38.0 Å². The average Bonchev–Trinajstić information content (AvgIpc) is 3.38. The molecule has 0 radical (unpaired) electrons. The molecule has 0 aromatic carbocycles. The summed E-state index contributed by atoms with van der Waals surface area (Å²) >= 11 is 0. The Hall–Kier alpha value is -0.240. The summed E-state index contributed by atoms with van der Waals surface area (Å²) in [5.74, 6) is 0.836. The molecular weight excluding hydrogens is 312 g/mol. The standard InChI is InChI=1S/C18H28O6/c1-10-4-5-14-11(2)15(20-9-12-8-19-12)21-16-18(14)13(10)6-7-17(3,22-16)23-24-18/h10-16H,4-9H2,1-3H3/t10-,11-,12?,13+,14+,15+,16-,17-,18-/m1/s1. The normalized spacial score (nSPS) is 58.9. The molecule has 6 aliphatic rings. The van der Waals surface area contributed by atoms with E-state index in [1.807, 2.05) is 6.92 Å². The van der Waals surface area contributed by atoms with Gasteiger partial charge in [0.05, 0.1) is 13.2 Å². The van der Waals surface area contributed by atoms with Crippen molar-refractivity contribution in [2.24, 2.45) is 23.7 Å². The number of epoxide rings is 1. The fraction of sp³-hybridized carbons (Fsp3) is 1.00. The molecule has 1 aliphatic carbocycles. The molecule has 1 saturated carbocycles. The molecule has 5 heterocycles. The van der Waals surface area contributed by atoms with Crippen molar-refractivity contribution in [1.82, 2.24) is 0 Å². The van der Waals surface area contributed by atoms with Crippen LogP contribution in [0.25, 0.3) is 0 Å². The van der Waals surface area contributed by atoms with E-state index in [4.69, 9.17) is 28.7 Å². The summed E-state index contributed by atoms with van der Waals surface area (Å²) in [6.45, 7) is 7.88. The van der Waals surface area contributed by atoms with Crippen LogP contribution in [0.2, 0.25) is 0 Å². The summed E-state index contributed by atoms with van der Waals surface area (Å²) in [4.78, 5) is 11.9. The Bertz CT molecular complexity index is 510. The summed E-state index contributed by atoms with van der Waals surface area (Å²) in [7, 11) is 0. The van der Waals surface area contributed by atoms with Gasteiger partial charge in [-0.1, -0.05) is 13.8 Å². The fourth-order valence-corrected chi connectivity index (χ4v) is 5.43. The molecule has 6 nitrogen and oxygen atoms in total. The first-order valence-corrected chi connectivity index (χ1v) is 9.45. The van der Waals surface area contributed by atoms with E-state index in [2.05, 4.69) is 13.8 Å². The number of fused-ring (bicyclic) bond motifs is 2. The maximum Gasteiger partial charge on any atom is 0.201 e. The third-order valence-corrected chi connectivity index (χ3v) is 6.95. The minimum Gasteiger partial charge on any atom is -0.371 e. The van der Waals surface area contributed by atoms with Gasteiger partial charge >= 0.3 is 0 Å². The van der Waals surface area contributed by atoms with Gasteiger partial charge in [-0.3, -0.25) is 0 Å². The smallest absolute Gasteiger partial charge is 0.201 e. The molecule has 6 fully saturated rings. The fourth-order valence-electron chi connectivity index (χ4n) is 5.43. The van der Waals surface area contributed by atoms with Crippen LogP contribution >= 0.6 is 0 Å². The average molecular weight is 340 g/mol. The highest BCUT2D eigenvalue weighted by molar-refractivity contribution is 5.09. The van der Waals surface area contributed by atoms with Crippen LogP contribution in [0.5, 0.6) is 0 Å². The lowest BCUT2D eigenvalue weighted by molar-refractivity contribution is -0.577. The number of hydrogen-bond acceptors (Lipinski definition) is 6. The Labute approximate surface area is 143 Å². The lowest BCUT2D eigenvalue weighted by Crippen LogP contribution is -2.70. The Balaban J connectivity index is 1.47. The van der Waals surface area contributed by atoms with Gasteiger partial charge in [-0.25, -0.2) is 9.78 Å². The zero-order chi connectivity index (χ0) is 16.5. The van der Waals surface area contributed by atoms with E-state index in [1.165, 1.54) is 6.42 Å². The van der Waals surface area contributed by atoms with Crippen LogP contribution in [-0.2, 0) is 28.7 Å². The second kappa shape index (κ2) is 5.38. The van der Waals surface area contributed by atoms with Crippen LogP contribution in [0.3, 0.4) is 0 Å². The summed E-state index contributed by atoms with van der Waals surface area (Å²) < 4.78 is 23.9. The number of ether oxygens (including phenoxy) is 4. The topological polar surface area (TPSA) is 58.7 Å². The van der Waals surface area contributed by atoms with Crippen molar-refractivity contribution in [3.05, 3.63) is 0 Å². The lowest BCUT2D eigenvalue weighted by atomic mass is 9.58. The molecular formula is C18H28O6. The third kappa shape index (κ3) is 2.24. The quantitative estimate of drug-likeness (QED) is 0.581. The van der Waals surface area contributed by atoms with Crippen molar-refractivity contribution in [2.45, 2.75) is 76.5 Å². The Kier molecular flexibility index (Phi) is 3.58. The van der Waals surface area contributed by atoms with Gasteiger partial charge < -0.3 is 18.9 Å². The van der Waals surface area contributed by atoms with Crippen LogP contribution in [0.15, 0.2) is 0 Å². The SMILES string of the molecule is C[C@H]1[C@@H](OCC2CO2)O[C@@H]2O[C@@]3(C)CC[C@H]4[C@H](C)CC[C@@H]1[C@@]24OO3. The first kappa shape index (κ1) is 16.0. The van der Waals surface area contributed by atoms with Gasteiger partial charge in [0.1, 0.15) is 6.10 Å². The van der Waals surface area contributed by atoms with Gasteiger partial charge in [-0.15, -0.1) is 0 Å². The zero-order valence-corrected chi connectivity index (χ0v) is 14.7. The van der Waals surface area contributed by atoms with Crippen molar-refractivity contribution in [3.8, 4) is 0 Å². The van der Waals surface area contributed by atoms with Crippen molar-refractivity contribution < 1.29 is 28.7 Å². The highest BCUT2D eigenvalue weighted by atomic mass is 17.3. The molecule has 1 unspecified atom stereocenters. The van der Waals surface area contributed by atoms with E-state index in [0.29, 0.717) is 24.4 Å². The minimum absolute atomic E-state index is 0.236. The predicted octanol–water partition coefficient (Wildman–Crippen LogP) is 2.61. The van der Waals surface area contributed by atoms with E-state index < -0.39 is 17.7 Å². The molecule has 0 N–H and O–H groups in total. The largest absolute Gasteiger partial charge is 0.371 e. The molecule has 1 spiro atoms. The van der Waals surface area contributed by atoms with Gasteiger partial charge in [0.2, 0.25) is 5.79 Å². The van der Waals surface area contributed by atoms with Crippen LogP contribution in [-0.4, -0.2) is 43.3 Å². The molecule has 0 aromatic heterocycles. The summed E-state index contributed by atoms with van der Waals surface area (Å²) in [6.07, 6.45) is 3.76. The first-order chi connectivity index (χ1) is 11.5. The monoisotopic (exact) mass is 340 g/mol. The van der Waals surface area contributed by atoms with Gasteiger partial charge in [0.25, 0.3) is 0 Å². The van der Waals surface area contributed by atoms with Crippen LogP contribution in [0.1, 0.15) is 46.5 Å². The number of hydrogen-bond donors (Lipinski definition) is 0. The summed E-state index contributed by atoms with van der Waals surface area (Å²) in [5.41, 5.74) is -0.497. The van der Waals surface area contributed by atoms with E-state index in [-0.39, 0.29) is 18.3 Å². The Morgan fingerprint density at radius 1 is 1.08 bits per heavy atom. The van der Waals surface area contributed by atoms with Crippen LogP contribution < -0.4 is 0 Å². The molecule has 0 aromatic rings. The lowest BCUT2D eigenvalue weighted by Gasteiger charge is -2.60. The van der Waals surface area contributed by atoms with E-state index in [9.17, 15) is 0 Å². The van der Waals surface area contributed by atoms with Crippen molar-refractivity contribution in [1.29, 1.82) is 0 Å². The molecule has 0 amide bonds. The highest BCUT2D eigenvalue weighted by Crippen LogP contribution is 2.60. The van der Waals surface area contributed by atoms with Crippen LogP contribution in [0.4, 0.5) is 0 Å². The predicted molar refractivity (Wildman–Crippen MR) is 82.5 cm³/mol. The Morgan fingerprint density at radius 2 is 1.92 bits per heavy atom. The molecule has 24 heavy (non-hydrogen) atoms. The van der Waals surface area contributed by atoms with Gasteiger partial charge in [0, 0.05) is 18.3 Å². The highest BCUT2D eigenvalue weighted by Gasteiger charge is 2.69.